The van der Waals surface area contributed by atoms with Gasteiger partial charge in [-0.15, -0.1) is 0 Å². The van der Waals surface area contributed by atoms with Crippen molar-refractivity contribution in [2.75, 3.05) is 33.2 Å². The molecule has 0 saturated carbocycles. The van der Waals surface area contributed by atoms with E-state index in [2.05, 4.69) is 55.0 Å². The van der Waals surface area contributed by atoms with Crippen molar-refractivity contribution in [3.05, 3.63) is 29.8 Å². The maximum atomic E-state index is 6.13. The van der Waals surface area contributed by atoms with Crippen LogP contribution in [0, 0.1) is 0 Å². The quantitative estimate of drug-likeness (QED) is 0.835. The van der Waals surface area contributed by atoms with Crippen LogP contribution < -0.4 is 4.74 Å². The Balaban J connectivity index is 0.000000924. The number of likely N-dealkylation sites (tertiary alicyclic amines) is 2. The fourth-order valence-electron chi connectivity index (χ4n) is 3.34. The maximum absolute atomic E-state index is 6.13. The summed E-state index contributed by atoms with van der Waals surface area (Å²) in [6.07, 6.45) is 3.00. The number of hydrogen-bond donors (Lipinski definition) is 0. The molecule has 1 aromatic carbocycles. The standard InChI is InChI=1S/C18H28N2O.C2H6/c1-14(2)15-5-4-6-17(11-15)21-18-12-20(13-18)16-7-9-19(3)10-8-16;1-2/h4-6,11,14,16,18H,7-10,12-13H2,1-3H3;1-2H3. The lowest BCUT2D eigenvalue weighted by molar-refractivity contribution is -0.0246. The first-order valence-electron chi connectivity index (χ1n) is 9.31. The lowest BCUT2D eigenvalue weighted by atomic mass is 9.99. The topological polar surface area (TPSA) is 15.7 Å². The molecule has 3 rings (SSSR count). The summed E-state index contributed by atoms with van der Waals surface area (Å²) in [4.78, 5) is 5.03. The lowest BCUT2D eigenvalue weighted by Gasteiger charge is -2.46. The van der Waals surface area contributed by atoms with Gasteiger partial charge in [0.25, 0.3) is 0 Å². The predicted molar refractivity (Wildman–Crippen MR) is 98.4 cm³/mol. The average Bonchev–Trinajstić information content (AvgIpc) is 2.54. The summed E-state index contributed by atoms with van der Waals surface area (Å²) >= 11 is 0. The van der Waals surface area contributed by atoms with E-state index in [1.807, 2.05) is 13.8 Å². The van der Waals surface area contributed by atoms with E-state index < -0.39 is 0 Å². The molecule has 0 unspecified atom stereocenters. The Hall–Kier alpha value is -1.06. The fraction of sp³-hybridized carbons (Fsp3) is 0.700. The van der Waals surface area contributed by atoms with Crippen LogP contribution in [0.15, 0.2) is 24.3 Å². The molecule has 0 aliphatic carbocycles. The number of ether oxygens (including phenoxy) is 1. The van der Waals surface area contributed by atoms with Crippen LogP contribution in [0.3, 0.4) is 0 Å². The third kappa shape index (κ3) is 4.95. The van der Waals surface area contributed by atoms with Gasteiger partial charge in [0, 0.05) is 19.1 Å². The van der Waals surface area contributed by atoms with Crippen molar-refractivity contribution in [1.29, 1.82) is 0 Å². The first-order chi connectivity index (χ1) is 11.1. The highest BCUT2D eigenvalue weighted by molar-refractivity contribution is 5.30. The zero-order chi connectivity index (χ0) is 16.8. The second kappa shape index (κ2) is 8.70. The zero-order valence-corrected chi connectivity index (χ0v) is 15.6. The fourth-order valence-corrected chi connectivity index (χ4v) is 3.34. The first kappa shape index (κ1) is 18.3. The molecule has 2 aliphatic rings. The molecule has 2 aliphatic heterocycles. The van der Waals surface area contributed by atoms with Crippen molar-refractivity contribution >= 4 is 0 Å². The molecule has 0 radical (unpaired) electrons. The van der Waals surface area contributed by atoms with Crippen LogP contribution in [0.4, 0.5) is 0 Å². The van der Waals surface area contributed by atoms with Crippen LogP contribution >= 0.6 is 0 Å². The molecule has 1 aromatic rings. The Bertz CT molecular complexity index is 460. The second-order valence-corrected chi connectivity index (χ2v) is 6.96. The van der Waals surface area contributed by atoms with E-state index in [0.717, 1.165) is 24.9 Å². The van der Waals surface area contributed by atoms with Crippen molar-refractivity contribution in [3.8, 4) is 5.75 Å². The molecule has 23 heavy (non-hydrogen) atoms. The third-order valence-corrected chi connectivity index (χ3v) is 4.91. The summed E-state index contributed by atoms with van der Waals surface area (Å²) in [6.45, 7) is 13.1. The van der Waals surface area contributed by atoms with Gasteiger partial charge in [0.15, 0.2) is 0 Å². The summed E-state index contributed by atoms with van der Waals surface area (Å²) < 4.78 is 6.13. The minimum atomic E-state index is 0.382. The van der Waals surface area contributed by atoms with Gasteiger partial charge in [-0.25, -0.2) is 0 Å². The summed E-state index contributed by atoms with van der Waals surface area (Å²) in [6, 6.07) is 9.36. The van der Waals surface area contributed by atoms with Gasteiger partial charge >= 0.3 is 0 Å². The molecule has 0 spiro atoms. The first-order valence-corrected chi connectivity index (χ1v) is 9.31. The van der Waals surface area contributed by atoms with E-state index in [-0.39, 0.29) is 0 Å². The Morgan fingerprint density at radius 2 is 1.74 bits per heavy atom. The van der Waals surface area contributed by atoms with Gasteiger partial charge in [-0.05, 0) is 56.6 Å². The normalized spacial score (nSPS) is 20.8. The highest BCUT2D eigenvalue weighted by Gasteiger charge is 2.34. The molecule has 3 nitrogen and oxygen atoms in total. The summed E-state index contributed by atoms with van der Waals surface area (Å²) in [5.74, 6) is 1.60. The minimum absolute atomic E-state index is 0.382. The lowest BCUT2D eigenvalue weighted by Crippen LogP contribution is -2.59. The van der Waals surface area contributed by atoms with E-state index in [0.29, 0.717) is 12.0 Å². The van der Waals surface area contributed by atoms with Crippen molar-refractivity contribution in [2.45, 2.75) is 58.6 Å². The maximum Gasteiger partial charge on any atom is 0.124 e. The highest BCUT2D eigenvalue weighted by Crippen LogP contribution is 2.26. The summed E-state index contributed by atoms with van der Waals surface area (Å²) in [5, 5.41) is 0. The SMILES string of the molecule is CC.CC(C)c1cccc(OC2CN(C3CCN(C)CC3)C2)c1. The van der Waals surface area contributed by atoms with Crippen LogP contribution in [-0.2, 0) is 0 Å². The van der Waals surface area contributed by atoms with Gasteiger partial charge in [-0.2, -0.15) is 0 Å². The number of benzene rings is 1. The molecule has 3 heteroatoms. The Kier molecular flexibility index (Phi) is 6.91. The van der Waals surface area contributed by atoms with Crippen molar-refractivity contribution < 1.29 is 4.74 Å². The molecule has 0 aromatic heterocycles. The van der Waals surface area contributed by atoms with Gasteiger partial charge in [0.2, 0.25) is 0 Å². The highest BCUT2D eigenvalue weighted by atomic mass is 16.5. The number of nitrogens with zero attached hydrogens (tertiary/aromatic N) is 2. The van der Waals surface area contributed by atoms with Crippen molar-refractivity contribution in [2.24, 2.45) is 0 Å². The Labute approximate surface area is 142 Å². The third-order valence-electron chi connectivity index (χ3n) is 4.91. The molecular weight excluding hydrogens is 284 g/mol. The average molecular weight is 319 g/mol. The van der Waals surface area contributed by atoms with Gasteiger partial charge < -0.3 is 9.64 Å². The Morgan fingerprint density at radius 1 is 1.09 bits per heavy atom. The molecule has 2 fully saturated rings. The van der Waals surface area contributed by atoms with E-state index in [1.165, 1.54) is 31.5 Å². The van der Waals surface area contributed by atoms with E-state index in [1.54, 1.807) is 0 Å². The second-order valence-electron chi connectivity index (χ2n) is 6.96. The van der Waals surface area contributed by atoms with Crippen LogP contribution in [0.1, 0.15) is 52.0 Å². The van der Waals surface area contributed by atoms with Crippen LogP contribution in [0.5, 0.6) is 5.75 Å². The van der Waals surface area contributed by atoms with Crippen LogP contribution in [0.25, 0.3) is 0 Å². The molecule has 2 heterocycles. The smallest absolute Gasteiger partial charge is 0.124 e. The molecule has 2 saturated heterocycles. The number of hydrogen-bond acceptors (Lipinski definition) is 3. The van der Waals surface area contributed by atoms with Gasteiger partial charge in [-0.1, -0.05) is 39.8 Å². The summed E-state index contributed by atoms with van der Waals surface area (Å²) in [7, 11) is 2.22. The minimum Gasteiger partial charge on any atom is -0.488 e. The Morgan fingerprint density at radius 3 is 2.35 bits per heavy atom. The van der Waals surface area contributed by atoms with E-state index >= 15 is 0 Å². The van der Waals surface area contributed by atoms with Crippen molar-refractivity contribution in [3.63, 3.8) is 0 Å². The molecule has 0 bridgehead atoms. The zero-order valence-electron chi connectivity index (χ0n) is 15.6. The predicted octanol–water partition coefficient (Wildman–Crippen LogP) is 3.99. The number of rotatable bonds is 4. The van der Waals surface area contributed by atoms with Crippen LogP contribution in [-0.4, -0.2) is 55.2 Å². The molecule has 0 amide bonds. The number of piperidine rings is 1. The van der Waals surface area contributed by atoms with Gasteiger partial charge in [0.05, 0.1) is 0 Å². The van der Waals surface area contributed by atoms with Crippen LogP contribution in [0.2, 0.25) is 0 Å². The summed E-state index contributed by atoms with van der Waals surface area (Å²) in [5.41, 5.74) is 1.36. The van der Waals surface area contributed by atoms with E-state index in [4.69, 9.17) is 4.74 Å². The van der Waals surface area contributed by atoms with Crippen molar-refractivity contribution in [1.82, 2.24) is 9.80 Å². The largest absolute Gasteiger partial charge is 0.488 e. The van der Waals surface area contributed by atoms with Gasteiger partial charge in [0.1, 0.15) is 11.9 Å². The van der Waals surface area contributed by atoms with Gasteiger partial charge in [-0.3, -0.25) is 4.90 Å². The molecule has 0 N–H and O–H groups in total. The molecule has 130 valence electrons. The molecule has 0 atom stereocenters. The van der Waals surface area contributed by atoms with E-state index in [9.17, 15) is 0 Å². The monoisotopic (exact) mass is 318 g/mol. The molecular formula is C20H34N2O.